The van der Waals surface area contributed by atoms with E-state index in [1.165, 1.54) is 4.90 Å². The van der Waals surface area contributed by atoms with Gasteiger partial charge in [-0.05, 0) is 54.2 Å². The number of anilines is 1. The van der Waals surface area contributed by atoms with Gasteiger partial charge in [-0.25, -0.2) is 0 Å². The summed E-state index contributed by atoms with van der Waals surface area (Å²) in [6.45, 7) is 10.1. The Morgan fingerprint density at radius 1 is 0.917 bits per heavy atom. The van der Waals surface area contributed by atoms with Crippen molar-refractivity contribution in [3.8, 4) is 0 Å². The number of aliphatic hydroxyl groups excluding tert-OH is 1. The molecule has 5 nitrogen and oxygen atoms in total. The van der Waals surface area contributed by atoms with Crippen molar-refractivity contribution >= 4 is 34.0 Å². The maximum absolute atomic E-state index is 13.6. The van der Waals surface area contributed by atoms with Gasteiger partial charge in [0.05, 0.1) is 11.6 Å². The Kier molecular flexibility index (Phi) is 5.59. The molecule has 0 aliphatic carbocycles. The van der Waals surface area contributed by atoms with E-state index in [-0.39, 0.29) is 16.7 Å². The Bertz CT molecular complexity index is 1550. The van der Waals surface area contributed by atoms with Crippen LogP contribution in [0.2, 0.25) is 0 Å². The zero-order valence-corrected chi connectivity index (χ0v) is 21.2. The van der Waals surface area contributed by atoms with E-state index in [0.29, 0.717) is 11.3 Å². The van der Waals surface area contributed by atoms with Crippen molar-refractivity contribution in [2.45, 2.75) is 46.1 Å². The van der Waals surface area contributed by atoms with Gasteiger partial charge in [-0.15, -0.1) is 0 Å². The predicted molar refractivity (Wildman–Crippen MR) is 144 cm³/mol. The molecule has 0 radical (unpaired) electrons. The number of ketones is 1. The van der Waals surface area contributed by atoms with Crippen molar-refractivity contribution in [1.29, 1.82) is 0 Å². The molecule has 1 saturated heterocycles. The third-order valence-corrected chi connectivity index (χ3v) is 7.09. The molecular weight excluding hydrogens is 448 g/mol. The lowest BCUT2D eigenvalue weighted by Crippen LogP contribution is -2.30. The first-order valence-electron chi connectivity index (χ1n) is 12.1. The van der Waals surface area contributed by atoms with Crippen molar-refractivity contribution in [2.24, 2.45) is 0 Å². The predicted octanol–water partition coefficient (Wildman–Crippen LogP) is 6.71. The molecule has 0 saturated carbocycles. The number of hydrogen-bond acceptors (Lipinski definition) is 3. The Labute approximate surface area is 211 Å². The van der Waals surface area contributed by atoms with Crippen LogP contribution in [-0.4, -0.2) is 21.8 Å². The average Bonchev–Trinajstić information content (AvgIpc) is 3.37. The highest BCUT2D eigenvalue weighted by Gasteiger charge is 2.48. The van der Waals surface area contributed by atoms with Crippen LogP contribution in [0.5, 0.6) is 0 Å². The highest BCUT2D eigenvalue weighted by molar-refractivity contribution is 6.52. The maximum Gasteiger partial charge on any atom is 0.300 e. The van der Waals surface area contributed by atoms with E-state index < -0.39 is 17.7 Å². The summed E-state index contributed by atoms with van der Waals surface area (Å²) in [6, 6.07) is 20.4. The Hall–Kier alpha value is -4.12. The molecule has 1 unspecified atom stereocenters. The van der Waals surface area contributed by atoms with Gasteiger partial charge in [-0.3, -0.25) is 14.5 Å². The van der Waals surface area contributed by atoms with Crippen LogP contribution < -0.4 is 4.90 Å². The second-order valence-corrected chi connectivity index (χ2v) is 10.5. The minimum Gasteiger partial charge on any atom is -0.507 e. The van der Waals surface area contributed by atoms with E-state index in [9.17, 15) is 14.7 Å². The van der Waals surface area contributed by atoms with Crippen LogP contribution in [0.1, 0.15) is 54.6 Å². The summed E-state index contributed by atoms with van der Waals surface area (Å²) in [6.07, 6.45) is 1.83. The molecule has 5 rings (SSSR count). The van der Waals surface area contributed by atoms with Crippen LogP contribution in [-0.2, 0) is 15.0 Å². The number of aromatic nitrogens is 1. The normalized spacial score (nSPS) is 17.8. The Morgan fingerprint density at radius 2 is 1.61 bits per heavy atom. The van der Waals surface area contributed by atoms with Crippen molar-refractivity contribution in [1.82, 2.24) is 4.98 Å². The molecule has 1 amide bonds. The minimum atomic E-state index is -0.778. The largest absolute Gasteiger partial charge is 0.507 e. The number of rotatable bonds is 3. The van der Waals surface area contributed by atoms with E-state index in [1.807, 2.05) is 86.8 Å². The number of nitrogens with zero attached hydrogens (tertiary/aromatic N) is 1. The van der Waals surface area contributed by atoms with Gasteiger partial charge >= 0.3 is 0 Å². The minimum absolute atomic E-state index is 0.0992. The lowest BCUT2D eigenvalue weighted by molar-refractivity contribution is -0.132. The number of carbonyl (C=O) groups excluding carboxylic acids is 2. The van der Waals surface area contributed by atoms with Crippen LogP contribution in [0.25, 0.3) is 16.7 Å². The van der Waals surface area contributed by atoms with Gasteiger partial charge in [-0.1, -0.05) is 69.3 Å². The standard InChI is InChI=1S/C31H30N2O3/c1-18-14-15-20(31(3,4)5)16-22(18)28(34)26-27(23-17-32-24-12-8-7-11-21(23)24)33(30(36)29(26)35)25-13-9-6-10-19(25)2/h6-17,27,32,34H,1-5H3/b28-26+. The molecule has 1 aromatic heterocycles. The van der Waals surface area contributed by atoms with Gasteiger partial charge in [0.15, 0.2) is 0 Å². The maximum atomic E-state index is 13.6. The molecule has 0 spiro atoms. The smallest absolute Gasteiger partial charge is 0.300 e. The quantitative estimate of drug-likeness (QED) is 0.195. The number of hydrogen-bond donors (Lipinski definition) is 2. The van der Waals surface area contributed by atoms with Crippen molar-refractivity contribution in [3.63, 3.8) is 0 Å². The number of amides is 1. The van der Waals surface area contributed by atoms with E-state index in [4.69, 9.17) is 0 Å². The number of aliphatic hydroxyl groups is 1. The summed E-state index contributed by atoms with van der Waals surface area (Å²) < 4.78 is 0. The molecule has 2 heterocycles. The number of H-pyrrole nitrogens is 1. The first-order chi connectivity index (χ1) is 17.1. The molecule has 36 heavy (non-hydrogen) atoms. The van der Waals surface area contributed by atoms with Crippen molar-refractivity contribution in [2.75, 3.05) is 4.90 Å². The van der Waals surface area contributed by atoms with E-state index >= 15 is 0 Å². The van der Waals surface area contributed by atoms with Gasteiger partial charge in [0.1, 0.15) is 5.76 Å². The van der Waals surface area contributed by atoms with Crippen LogP contribution >= 0.6 is 0 Å². The fourth-order valence-corrected chi connectivity index (χ4v) is 5.02. The SMILES string of the molecule is Cc1ccc(C(C)(C)C)cc1/C(O)=C1\C(=O)C(=O)N(c2ccccc2C)C1c1c[nH]c2ccccc12. The number of para-hydroxylation sites is 2. The highest BCUT2D eigenvalue weighted by Crippen LogP contribution is 2.45. The van der Waals surface area contributed by atoms with E-state index in [2.05, 4.69) is 25.8 Å². The average molecular weight is 479 g/mol. The number of benzene rings is 3. The molecule has 2 N–H and O–H groups in total. The van der Waals surface area contributed by atoms with Gasteiger partial charge < -0.3 is 10.1 Å². The molecule has 5 heteroatoms. The van der Waals surface area contributed by atoms with Crippen LogP contribution in [0.4, 0.5) is 5.69 Å². The molecule has 4 aromatic rings. The molecule has 1 aliphatic rings. The van der Waals surface area contributed by atoms with E-state index in [1.54, 1.807) is 0 Å². The fraction of sp³-hybridized carbons (Fsp3) is 0.226. The lowest BCUT2D eigenvalue weighted by atomic mass is 9.84. The van der Waals surface area contributed by atoms with Crippen molar-refractivity contribution in [3.05, 3.63) is 106 Å². The molecule has 1 atom stereocenters. The number of aryl methyl sites for hydroxylation is 2. The van der Waals surface area contributed by atoms with Crippen molar-refractivity contribution < 1.29 is 14.7 Å². The molecule has 1 aliphatic heterocycles. The van der Waals surface area contributed by atoms with Crippen LogP contribution in [0, 0.1) is 13.8 Å². The second-order valence-electron chi connectivity index (χ2n) is 10.5. The van der Waals surface area contributed by atoms with Gasteiger partial charge in [0, 0.05) is 33.9 Å². The van der Waals surface area contributed by atoms with Gasteiger partial charge in [0.2, 0.25) is 0 Å². The van der Waals surface area contributed by atoms with Crippen LogP contribution in [0.3, 0.4) is 0 Å². The Morgan fingerprint density at radius 3 is 2.33 bits per heavy atom. The van der Waals surface area contributed by atoms with Gasteiger partial charge in [0.25, 0.3) is 11.7 Å². The number of fused-ring (bicyclic) bond motifs is 1. The molecular formula is C31H30N2O3. The molecule has 1 fully saturated rings. The summed E-state index contributed by atoms with van der Waals surface area (Å²) in [4.78, 5) is 32.0. The second kappa shape index (κ2) is 8.52. The zero-order chi connectivity index (χ0) is 25.8. The van der Waals surface area contributed by atoms with Gasteiger partial charge in [-0.2, -0.15) is 0 Å². The summed E-state index contributed by atoms with van der Waals surface area (Å²) in [7, 11) is 0. The third-order valence-electron chi connectivity index (χ3n) is 7.09. The number of Topliss-reactive ketones (excluding diaryl/α,β-unsaturated/α-hetero) is 1. The van der Waals surface area contributed by atoms with E-state index in [0.717, 1.165) is 33.2 Å². The molecule has 182 valence electrons. The van der Waals surface area contributed by atoms with Crippen LogP contribution in [0.15, 0.2) is 78.5 Å². The highest BCUT2D eigenvalue weighted by atomic mass is 16.3. The first-order valence-corrected chi connectivity index (χ1v) is 12.1. The summed E-state index contributed by atoms with van der Waals surface area (Å²) in [5, 5.41) is 12.6. The summed E-state index contributed by atoms with van der Waals surface area (Å²) in [5.74, 6) is -1.49. The summed E-state index contributed by atoms with van der Waals surface area (Å²) >= 11 is 0. The summed E-state index contributed by atoms with van der Waals surface area (Å²) in [5.41, 5.74) is 5.56. The fourth-order valence-electron chi connectivity index (χ4n) is 5.02. The zero-order valence-electron chi connectivity index (χ0n) is 21.2. The number of aromatic amines is 1. The molecule has 0 bridgehead atoms. The number of nitrogens with one attached hydrogen (secondary N) is 1. The monoisotopic (exact) mass is 478 g/mol. The topological polar surface area (TPSA) is 73.4 Å². The first kappa shape index (κ1) is 23.6. The molecule has 3 aromatic carbocycles. The lowest BCUT2D eigenvalue weighted by Gasteiger charge is -2.26. The third kappa shape index (κ3) is 3.72. The Balaban J connectivity index is 1.81. The number of carbonyl (C=O) groups is 2.